The van der Waals surface area contributed by atoms with Crippen molar-refractivity contribution in [3.8, 4) is 0 Å². The van der Waals surface area contributed by atoms with Crippen LogP contribution in [-0.4, -0.2) is 0 Å². The average molecular weight is 341 g/mol. The van der Waals surface area contributed by atoms with Gasteiger partial charge in [0.25, 0.3) is 0 Å². The number of benzene rings is 3. The Balaban J connectivity index is 2.26. The van der Waals surface area contributed by atoms with E-state index in [4.69, 9.17) is 0 Å². The normalized spacial score (nSPS) is 12.7. The summed E-state index contributed by atoms with van der Waals surface area (Å²) in [6.07, 6.45) is 4.66. The van der Waals surface area contributed by atoms with Crippen LogP contribution in [0.5, 0.6) is 0 Å². The summed E-state index contributed by atoms with van der Waals surface area (Å²) in [4.78, 5) is 0. The summed E-state index contributed by atoms with van der Waals surface area (Å²) in [5.74, 6) is 0. The first-order chi connectivity index (χ1) is 12.3. The van der Waals surface area contributed by atoms with Gasteiger partial charge in [-0.05, 0) is 97.5 Å². The lowest BCUT2D eigenvalue weighted by Gasteiger charge is -2.08. The fourth-order valence-corrected chi connectivity index (χ4v) is 3.92. The summed E-state index contributed by atoms with van der Waals surface area (Å²) < 4.78 is 0. The van der Waals surface area contributed by atoms with Gasteiger partial charge in [0.15, 0.2) is 0 Å². The Bertz CT molecular complexity index is 947. The Morgan fingerprint density at radius 3 is 1.12 bits per heavy atom. The lowest BCUT2D eigenvalue weighted by molar-refractivity contribution is 1.29. The predicted molar refractivity (Wildman–Crippen MR) is 114 cm³/mol. The van der Waals surface area contributed by atoms with E-state index in [1.165, 1.54) is 54.9 Å². The lowest BCUT2D eigenvalue weighted by atomic mass is 9.97. The van der Waals surface area contributed by atoms with Crippen LogP contribution in [0.2, 0.25) is 0 Å². The first-order valence-electron chi connectivity index (χ1n) is 9.29. The van der Waals surface area contributed by atoms with Crippen LogP contribution in [0.4, 0.5) is 0 Å². The Kier molecular flexibility index (Phi) is 5.13. The van der Waals surface area contributed by atoms with Crippen molar-refractivity contribution in [1.82, 2.24) is 0 Å². The molecule has 0 heteroatoms. The van der Waals surface area contributed by atoms with Crippen LogP contribution in [0, 0.1) is 41.5 Å². The van der Waals surface area contributed by atoms with Gasteiger partial charge in [0.05, 0.1) is 0 Å². The highest BCUT2D eigenvalue weighted by atomic mass is 14.1. The second kappa shape index (κ2) is 7.33. The van der Waals surface area contributed by atoms with Crippen molar-refractivity contribution >= 4 is 12.2 Å². The molecule has 0 aliphatic carbocycles. The molecule has 0 aromatic heterocycles. The van der Waals surface area contributed by atoms with Crippen LogP contribution in [0.1, 0.15) is 44.5 Å². The number of hydrogen-bond acceptors (Lipinski definition) is 0. The van der Waals surface area contributed by atoms with Gasteiger partial charge < -0.3 is 0 Å². The monoisotopic (exact) mass is 340 g/mol. The van der Waals surface area contributed by atoms with Gasteiger partial charge in [-0.2, -0.15) is 0 Å². The van der Waals surface area contributed by atoms with Crippen LogP contribution in [0.25, 0.3) is 12.2 Å². The second-order valence-electron chi connectivity index (χ2n) is 7.54. The third-order valence-corrected chi connectivity index (χ3v) is 5.07. The molecule has 0 fully saturated rings. The van der Waals surface area contributed by atoms with Crippen molar-refractivity contribution in [1.29, 1.82) is 0 Å². The topological polar surface area (TPSA) is 0 Å². The van der Waals surface area contributed by atoms with Crippen molar-refractivity contribution in [2.45, 2.75) is 41.5 Å². The molecule has 132 valence electrons. The molecular weight excluding hydrogens is 312 g/mol. The summed E-state index contributed by atoms with van der Waals surface area (Å²) in [7, 11) is 0. The molecular formula is C26H28. The van der Waals surface area contributed by atoms with Crippen LogP contribution >= 0.6 is 0 Å². The van der Waals surface area contributed by atoms with Gasteiger partial charge in [0.2, 0.25) is 0 Å². The van der Waals surface area contributed by atoms with Crippen molar-refractivity contribution in [3.63, 3.8) is 0 Å². The fourth-order valence-electron chi connectivity index (χ4n) is 3.92. The Labute approximate surface area is 157 Å². The highest BCUT2D eigenvalue weighted by molar-refractivity contribution is 5.62. The molecule has 0 aliphatic rings. The molecule has 0 N–H and O–H groups in total. The lowest BCUT2D eigenvalue weighted by Crippen LogP contribution is -2.24. The molecule has 0 heterocycles. The second-order valence-corrected chi connectivity index (χ2v) is 7.54. The molecule has 0 atom stereocenters. The number of aryl methyl sites for hydroxylation is 6. The van der Waals surface area contributed by atoms with Gasteiger partial charge in [-0.15, -0.1) is 0 Å². The van der Waals surface area contributed by atoms with Crippen molar-refractivity contribution < 1.29 is 0 Å². The van der Waals surface area contributed by atoms with E-state index >= 15 is 0 Å². The van der Waals surface area contributed by atoms with E-state index in [-0.39, 0.29) is 0 Å². The molecule has 0 aliphatic heterocycles. The Morgan fingerprint density at radius 1 is 0.500 bits per heavy atom. The van der Waals surface area contributed by atoms with Gasteiger partial charge >= 0.3 is 0 Å². The van der Waals surface area contributed by atoms with E-state index in [1.54, 1.807) is 0 Å². The molecule has 0 bridgehead atoms. The zero-order valence-corrected chi connectivity index (χ0v) is 16.8. The van der Waals surface area contributed by atoms with Gasteiger partial charge in [-0.25, -0.2) is 0 Å². The van der Waals surface area contributed by atoms with Gasteiger partial charge in [0.1, 0.15) is 0 Å². The third kappa shape index (κ3) is 3.80. The smallest absolute Gasteiger partial charge is 0.0178 e. The van der Waals surface area contributed by atoms with E-state index < -0.39 is 0 Å². The first kappa shape index (κ1) is 18.2. The van der Waals surface area contributed by atoms with E-state index in [2.05, 4.69) is 102 Å². The zero-order valence-electron chi connectivity index (χ0n) is 16.8. The number of hydrogen-bond donors (Lipinski definition) is 0. The molecule has 3 rings (SSSR count). The van der Waals surface area contributed by atoms with Crippen LogP contribution in [-0.2, 0) is 0 Å². The molecule has 0 amide bonds. The van der Waals surface area contributed by atoms with Gasteiger partial charge in [-0.3, -0.25) is 0 Å². The molecule has 0 unspecified atom stereocenters. The van der Waals surface area contributed by atoms with E-state index in [0.29, 0.717) is 0 Å². The van der Waals surface area contributed by atoms with Crippen molar-refractivity contribution in [3.05, 3.63) is 103 Å². The molecule has 0 radical (unpaired) electrons. The van der Waals surface area contributed by atoms with Crippen LogP contribution in [0.15, 0.2) is 48.5 Å². The van der Waals surface area contributed by atoms with Gasteiger partial charge in [0, 0.05) is 0 Å². The quantitative estimate of drug-likeness (QED) is 0.602. The zero-order chi connectivity index (χ0) is 18.8. The summed E-state index contributed by atoms with van der Waals surface area (Å²) in [6.45, 7) is 13.1. The van der Waals surface area contributed by atoms with Crippen LogP contribution < -0.4 is 10.4 Å². The molecule has 0 spiro atoms. The Morgan fingerprint density at radius 2 is 0.808 bits per heavy atom. The standard InChI is InChI=1S/C26H28/c1-17-11-19(3)25(20(4)12-17)15-23-9-7-8-10-24(23)16-26-21(5)13-18(2)14-22(26)6/h7-16H,1-6H3. The summed E-state index contributed by atoms with van der Waals surface area (Å²) in [5.41, 5.74) is 10.6. The van der Waals surface area contributed by atoms with E-state index in [1.807, 2.05) is 0 Å². The van der Waals surface area contributed by atoms with E-state index in [9.17, 15) is 0 Å². The maximum Gasteiger partial charge on any atom is -0.0178 e. The molecule has 26 heavy (non-hydrogen) atoms. The van der Waals surface area contributed by atoms with Gasteiger partial charge in [-0.1, -0.05) is 59.7 Å². The molecule has 3 aromatic rings. The minimum atomic E-state index is 1.27. The summed E-state index contributed by atoms with van der Waals surface area (Å²) >= 11 is 0. The minimum absolute atomic E-state index is 1.27. The van der Waals surface area contributed by atoms with E-state index in [0.717, 1.165) is 0 Å². The average Bonchev–Trinajstić information content (AvgIpc) is 2.55. The highest BCUT2D eigenvalue weighted by Crippen LogP contribution is 2.18. The SMILES string of the molecule is Cc1cc(C)c(C=c2ccccc2=Cc2c(C)cc(C)cc2C)c(C)c1. The predicted octanol–water partition coefficient (Wildman–Crippen LogP) is 5.19. The summed E-state index contributed by atoms with van der Waals surface area (Å²) in [6, 6.07) is 17.7. The fraction of sp³-hybridized carbons (Fsp3) is 0.231. The molecule has 3 aromatic carbocycles. The molecule has 0 nitrogen and oxygen atoms in total. The number of rotatable bonds is 2. The Hall–Kier alpha value is -2.60. The highest BCUT2D eigenvalue weighted by Gasteiger charge is 2.03. The maximum atomic E-state index is 2.33. The maximum absolute atomic E-state index is 2.33. The third-order valence-electron chi connectivity index (χ3n) is 5.07. The molecule has 0 saturated heterocycles. The van der Waals surface area contributed by atoms with Crippen molar-refractivity contribution in [2.75, 3.05) is 0 Å². The summed E-state index contributed by atoms with van der Waals surface area (Å²) in [5, 5.41) is 2.53. The van der Waals surface area contributed by atoms with Crippen molar-refractivity contribution in [2.24, 2.45) is 0 Å². The largest absolute Gasteiger partial charge is 0.0616 e. The molecule has 0 saturated carbocycles. The minimum Gasteiger partial charge on any atom is -0.0616 e. The van der Waals surface area contributed by atoms with Crippen LogP contribution in [0.3, 0.4) is 0 Å². The first-order valence-corrected chi connectivity index (χ1v) is 9.29.